The maximum absolute atomic E-state index is 14.0. The van der Waals surface area contributed by atoms with Crippen LogP contribution in [0.1, 0.15) is 69.7 Å². The minimum atomic E-state index is -1.13. The van der Waals surface area contributed by atoms with Crippen molar-refractivity contribution in [1.82, 2.24) is 15.5 Å². The number of nitrogens with one attached hydrogen (secondary N) is 2. The first kappa shape index (κ1) is 34.4. The van der Waals surface area contributed by atoms with E-state index in [1.54, 1.807) is 30.0 Å². The Morgan fingerprint density at radius 2 is 1.61 bits per heavy atom. The largest absolute Gasteiger partial charge is 0.390 e. The molecule has 4 N–H and O–H groups in total. The monoisotopic (exact) mass is 605 g/mol. The number of hydrogen-bond donors (Lipinski definition) is 4. The lowest BCUT2D eigenvalue weighted by Gasteiger charge is -2.25. The van der Waals surface area contributed by atoms with Gasteiger partial charge in [-0.05, 0) is 85.3 Å². The van der Waals surface area contributed by atoms with Crippen LogP contribution in [0.3, 0.4) is 0 Å². The summed E-state index contributed by atoms with van der Waals surface area (Å²) >= 11 is 0. The number of amides is 2. The molecule has 2 atom stereocenters. The van der Waals surface area contributed by atoms with E-state index in [1.807, 2.05) is 38.1 Å². The van der Waals surface area contributed by atoms with Crippen molar-refractivity contribution in [1.29, 1.82) is 0 Å². The van der Waals surface area contributed by atoms with Gasteiger partial charge in [0.05, 0.1) is 12.1 Å². The average molecular weight is 606 g/mol. The molecule has 0 spiro atoms. The van der Waals surface area contributed by atoms with Crippen molar-refractivity contribution in [3.8, 4) is 11.8 Å². The number of carbonyl (C=O) groups is 2. The van der Waals surface area contributed by atoms with Gasteiger partial charge in [-0.1, -0.05) is 37.8 Å². The fraction of sp³-hybridized carbons (Fsp3) is 0.371. The highest BCUT2D eigenvalue weighted by molar-refractivity contribution is 6.00. The highest BCUT2D eigenvalue weighted by Crippen LogP contribution is 2.16. The van der Waals surface area contributed by atoms with Gasteiger partial charge in [0.2, 0.25) is 0 Å². The van der Waals surface area contributed by atoms with Crippen molar-refractivity contribution in [2.24, 2.45) is 0 Å². The Labute approximate surface area is 258 Å². The molecule has 234 valence electrons. The molecule has 0 aliphatic carbocycles. The van der Waals surface area contributed by atoms with Crippen LogP contribution in [0.15, 0.2) is 60.7 Å². The van der Waals surface area contributed by atoms with Gasteiger partial charge in [0.1, 0.15) is 18.2 Å². The topological polar surface area (TPSA) is 102 Å². The highest BCUT2D eigenvalue weighted by Gasteiger charge is 2.24. The molecule has 0 heterocycles. The summed E-state index contributed by atoms with van der Waals surface area (Å²) in [5.74, 6) is 3.26. The molecule has 0 bridgehead atoms. The molecular formula is C35H41F2N3O4. The van der Waals surface area contributed by atoms with Gasteiger partial charge >= 0.3 is 0 Å². The van der Waals surface area contributed by atoms with Crippen LogP contribution >= 0.6 is 0 Å². The minimum absolute atomic E-state index is 0.0338. The summed E-state index contributed by atoms with van der Waals surface area (Å²) in [5, 5.41) is 26.1. The molecule has 0 saturated heterocycles. The van der Waals surface area contributed by atoms with Crippen molar-refractivity contribution in [3.05, 3.63) is 106 Å². The number of aryl methyl sites for hydroxylation is 1. The van der Waals surface area contributed by atoms with Crippen LogP contribution in [0.5, 0.6) is 0 Å². The summed E-state index contributed by atoms with van der Waals surface area (Å²) in [4.78, 5) is 28.5. The summed E-state index contributed by atoms with van der Waals surface area (Å²) in [6.45, 7) is 7.22. The van der Waals surface area contributed by atoms with Gasteiger partial charge in [0.15, 0.2) is 0 Å². The number of aliphatic hydroxyl groups excluding tert-OH is 2. The third-order valence-electron chi connectivity index (χ3n) is 6.94. The Kier molecular flexibility index (Phi) is 13.5. The Morgan fingerprint density at radius 1 is 0.932 bits per heavy atom. The molecule has 0 aromatic heterocycles. The third-order valence-corrected chi connectivity index (χ3v) is 6.94. The summed E-state index contributed by atoms with van der Waals surface area (Å²) in [5.41, 5.74) is 3.28. The Morgan fingerprint density at radius 3 is 2.27 bits per heavy atom. The zero-order valence-corrected chi connectivity index (χ0v) is 25.5. The van der Waals surface area contributed by atoms with Crippen LogP contribution in [-0.2, 0) is 13.0 Å². The number of carbonyl (C=O) groups excluding carboxylic acids is 2. The van der Waals surface area contributed by atoms with Crippen molar-refractivity contribution >= 4 is 11.8 Å². The van der Waals surface area contributed by atoms with Crippen molar-refractivity contribution < 1.29 is 28.6 Å². The summed E-state index contributed by atoms with van der Waals surface area (Å²) in [6, 6.07) is 14.5. The molecule has 3 aromatic rings. The zero-order valence-electron chi connectivity index (χ0n) is 25.5. The molecule has 0 aliphatic heterocycles. The van der Waals surface area contributed by atoms with E-state index in [9.17, 15) is 23.5 Å². The number of aliphatic hydroxyl groups is 2. The summed E-state index contributed by atoms with van der Waals surface area (Å²) in [7, 11) is 0. The maximum Gasteiger partial charge on any atom is 0.253 e. The normalized spacial score (nSPS) is 12.2. The second kappa shape index (κ2) is 17.3. The van der Waals surface area contributed by atoms with Gasteiger partial charge in [-0.3, -0.25) is 9.59 Å². The van der Waals surface area contributed by atoms with E-state index in [-0.39, 0.29) is 36.6 Å². The van der Waals surface area contributed by atoms with Gasteiger partial charge in [0, 0.05) is 48.9 Å². The van der Waals surface area contributed by atoms with E-state index in [1.165, 1.54) is 12.1 Å². The molecular weight excluding hydrogens is 564 g/mol. The smallest absolute Gasteiger partial charge is 0.253 e. The van der Waals surface area contributed by atoms with Gasteiger partial charge < -0.3 is 25.7 Å². The SMILES string of the molecule is CCCN(CCC)C(=O)c1cc(C)cc(C(=O)N[C@@H](Cc2cc(F)cc(F)c2)[C@H](O)CNCc2cccc(C#CCO)c2)c1. The van der Waals surface area contributed by atoms with Crippen molar-refractivity contribution in [3.63, 3.8) is 0 Å². The number of halogens is 2. The van der Waals surface area contributed by atoms with Crippen LogP contribution in [0.4, 0.5) is 8.78 Å². The summed E-state index contributed by atoms with van der Waals surface area (Å²) < 4.78 is 28.0. The number of benzene rings is 3. The zero-order chi connectivity index (χ0) is 32.1. The van der Waals surface area contributed by atoms with E-state index in [4.69, 9.17) is 5.11 Å². The Balaban J connectivity index is 1.80. The van der Waals surface area contributed by atoms with Gasteiger partial charge in [-0.25, -0.2) is 8.78 Å². The molecule has 0 unspecified atom stereocenters. The fourth-order valence-corrected chi connectivity index (χ4v) is 5.00. The average Bonchev–Trinajstić information content (AvgIpc) is 2.98. The van der Waals surface area contributed by atoms with Crippen LogP contribution in [-0.4, -0.2) is 65.3 Å². The predicted molar refractivity (Wildman–Crippen MR) is 167 cm³/mol. The predicted octanol–water partition coefficient (Wildman–Crippen LogP) is 4.37. The van der Waals surface area contributed by atoms with Gasteiger partial charge in [-0.2, -0.15) is 0 Å². The number of rotatable bonds is 14. The maximum atomic E-state index is 14.0. The fourth-order valence-electron chi connectivity index (χ4n) is 5.00. The molecule has 3 aromatic carbocycles. The van der Waals surface area contributed by atoms with Crippen LogP contribution < -0.4 is 10.6 Å². The van der Waals surface area contributed by atoms with Crippen LogP contribution in [0.25, 0.3) is 0 Å². The first-order valence-corrected chi connectivity index (χ1v) is 14.9. The van der Waals surface area contributed by atoms with Gasteiger partial charge in [-0.15, -0.1) is 0 Å². The Bertz CT molecular complexity index is 1460. The first-order chi connectivity index (χ1) is 21.1. The quantitative estimate of drug-likeness (QED) is 0.205. The molecule has 44 heavy (non-hydrogen) atoms. The van der Waals surface area contributed by atoms with E-state index in [2.05, 4.69) is 22.5 Å². The van der Waals surface area contributed by atoms with E-state index in [0.29, 0.717) is 25.2 Å². The lowest BCUT2D eigenvalue weighted by Crippen LogP contribution is -2.48. The van der Waals surface area contributed by atoms with Crippen molar-refractivity contribution in [2.75, 3.05) is 26.2 Å². The number of hydrogen-bond acceptors (Lipinski definition) is 5. The van der Waals surface area contributed by atoms with E-state index in [0.717, 1.165) is 35.6 Å². The molecule has 0 saturated carbocycles. The minimum Gasteiger partial charge on any atom is -0.390 e. The lowest BCUT2D eigenvalue weighted by molar-refractivity contribution is 0.0755. The third kappa shape index (κ3) is 10.6. The van der Waals surface area contributed by atoms with E-state index >= 15 is 0 Å². The van der Waals surface area contributed by atoms with Crippen molar-refractivity contribution in [2.45, 2.75) is 58.7 Å². The summed E-state index contributed by atoms with van der Waals surface area (Å²) in [6.07, 6.45) is 0.455. The highest BCUT2D eigenvalue weighted by atomic mass is 19.1. The Hall–Kier alpha value is -4.10. The number of nitrogens with zero attached hydrogens (tertiary/aromatic N) is 1. The molecule has 0 fully saturated rings. The van der Waals surface area contributed by atoms with Crippen LogP contribution in [0.2, 0.25) is 0 Å². The molecule has 0 aliphatic rings. The molecule has 3 rings (SSSR count). The second-order valence-corrected chi connectivity index (χ2v) is 10.8. The molecule has 7 nitrogen and oxygen atoms in total. The molecule has 9 heteroatoms. The first-order valence-electron chi connectivity index (χ1n) is 14.9. The van der Waals surface area contributed by atoms with E-state index < -0.39 is 29.7 Å². The molecule has 2 amide bonds. The standard InChI is InChI=1S/C35H41F2N3O4/c1-4-11-40(12-5-2)35(44)29-15-24(3)14-28(20-29)34(43)39-32(19-27-17-30(36)21-31(37)18-27)33(42)23-38-22-26-9-6-8-25(16-26)10-7-13-41/h6,8-9,14-18,20-21,32-33,38,41-42H,4-5,11-13,19,22-23H2,1-3H3,(H,39,43)/t32-,33+/m0/s1. The lowest BCUT2D eigenvalue weighted by atomic mass is 9.99. The second-order valence-electron chi connectivity index (χ2n) is 10.8. The van der Waals surface area contributed by atoms with Gasteiger partial charge in [0.25, 0.3) is 11.8 Å². The van der Waals surface area contributed by atoms with Crippen LogP contribution in [0, 0.1) is 30.4 Å². The molecule has 0 radical (unpaired) electrons.